The zero-order valence-corrected chi connectivity index (χ0v) is 24.7. The zero-order valence-electron chi connectivity index (χ0n) is 24.7. The van der Waals surface area contributed by atoms with Crippen LogP contribution in [0.3, 0.4) is 0 Å². The molecule has 0 atom stereocenters. The average Bonchev–Trinajstić information content (AvgIpc) is 3.10. The second kappa shape index (κ2) is 9.39. The van der Waals surface area contributed by atoms with Crippen LogP contribution in [-0.4, -0.2) is 0 Å². The second-order valence-electron chi connectivity index (χ2n) is 12.4. The number of benzene rings is 10. The van der Waals surface area contributed by atoms with Crippen molar-refractivity contribution in [3.05, 3.63) is 169 Å². The highest BCUT2D eigenvalue weighted by molar-refractivity contribution is 6.26. The molecule has 45 heavy (non-hydrogen) atoms. The molecule has 0 aliphatic heterocycles. The van der Waals surface area contributed by atoms with Crippen molar-refractivity contribution in [1.82, 2.24) is 0 Å². The Kier molecular flexibility index (Phi) is 5.15. The molecule has 0 aliphatic rings. The molecule has 0 radical (unpaired) electrons. The van der Waals surface area contributed by atoms with E-state index in [9.17, 15) is 0 Å². The zero-order chi connectivity index (χ0) is 29.5. The first kappa shape index (κ1) is 24.7. The molecule has 0 heteroatoms. The standard InChI is InChI=1S/C45H28/c1-3-13-36(38-23-19-32-17-15-28-9-5-11-30-21-25-40(38)44(32)42(28)30)34(7-1)27-35-8-2-4-14-37(35)39-24-20-33-18-16-29-10-6-12-31-22-26-41(39)45(33)43(29)31/h1-26H,27H2. The fourth-order valence-electron chi connectivity index (χ4n) is 8.02. The van der Waals surface area contributed by atoms with E-state index in [0.717, 1.165) is 6.42 Å². The third-order valence-corrected chi connectivity index (χ3v) is 10.1. The first-order chi connectivity index (χ1) is 22.3. The monoisotopic (exact) mass is 568 g/mol. The quantitative estimate of drug-likeness (QED) is 0.185. The van der Waals surface area contributed by atoms with Gasteiger partial charge in [-0.1, -0.05) is 158 Å². The summed E-state index contributed by atoms with van der Waals surface area (Å²) in [5.74, 6) is 0. The Balaban J connectivity index is 1.15. The Morgan fingerprint density at radius 3 is 1.04 bits per heavy atom. The van der Waals surface area contributed by atoms with Crippen LogP contribution in [-0.2, 0) is 6.42 Å². The molecule has 0 aromatic heterocycles. The summed E-state index contributed by atoms with van der Waals surface area (Å²) in [6.45, 7) is 0. The lowest BCUT2D eigenvalue weighted by Gasteiger charge is -2.18. The van der Waals surface area contributed by atoms with Crippen LogP contribution in [0.1, 0.15) is 11.1 Å². The van der Waals surface area contributed by atoms with E-state index in [-0.39, 0.29) is 0 Å². The summed E-state index contributed by atoms with van der Waals surface area (Å²) in [6, 6.07) is 58.8. The molecule has 10 aromatic carbocycles. The van der Waals surface area contributed by atoms with E-state index in [1.807, 2.05) is 0 Å². The van der Waals surface area contributed by atoms with Crippen LogP contribution in [0.4, 0.5) is 0 Å². The molecule has 0 heterocycles. The van der Waals surface area contributed by atoms with Gasteiger partial charge in [0.15, 0.2) is 0 Å². The Morgan fingerprint density at radius 2 is 0.600 bits per heavy atom. The maximum absolute atomic E-state index is 2.33. The van der Waals surface area contributed by atoms with E-state index in [1.54, 1.807) is 0 Å². The molecule has 208 valence electrons. The minimum atomic E-state index is 0.857. The molecule has 0 spiro atoms. The minimum Gasteiger partial charge on any atom is -0.0619 e. The summed E-state index contributed by atoms with van der Waals surface area (Å²) in [5, 5.41) is 15.9. The van der Waals surface area contributed by atoms with Crippen molar-refractivity contribution >= 4 is 64.6 Å². The van der Waals surface area contributed by atoms with Gasteiger partial charge < -0.3 is 0 Å². The summed E-state index contributed by atoms with van der Waals surface area (Å²) in [4.78, 5) is 0. The lowest BCUT2D eigenvalue weighted by molar-refractivity contribution is 1.20. The van der Waals surface area contributed by atoms with E-state index in [2.05, 4.69) is 158 Å². The van der Waals surface area contributed by atoms with Gasteiger partial charge in [-0.3, -0.25) is 0 Å². The van der Waals surface area contributed by atoms with Crippen molar-refractivity contribution in [3.63, 3.8) is 0 Å². The molecule has 0 bridgehead atoms. The fourth-order valence-corrected chi connectivity index (χ4v) is 8.02. The minimum absolute atomic E-state index is 0.857. The van der Waals surface area contributed by atoms with Gasteiger partial charge in [0.05, 0.1) is 0 Å². The van der Waals surface area contributed by atoms with Crippen molar-refractivity contribution in [3.8, 4) is 22.3 Å². The van der Waals surface area contributed by atoms with Crippen molar-refractivity contribution in [1.29, 1.82) is 0 Å². The predicted octanol–water partition coefficient (Wildman–Crippen LogP) is 12.4. The molecular weight excluding hydrogens is 540 g/mol. The Bertz CT molecular complexity index is 2510. The Morgan fingerprint density at radius 1 is 0.244 bits per heavy atom. The van der Waals surface area contributed by atoms with Crippen LogP contribution in [0.25, 0.3) is 86.9 Å². The SMILES string of the molecule is c1ccc(-c2ccc3ccc4cccc5ccc2c3c45)c(Cc2ccccc2-c2ccc3ccc4cccc5ccc2c3c45)c1. The summed E-state index contributed by atoms with van der Waals surface area (Å²) in [7, 11) is 0. The normalized spacial score (nSPS) is 12.1. The van der Waals surface area contributed by atoms with E-state index in [1.165, 1.54) is 98.0 Å². The highest BCUT2D eigenvalue weighted by Crippen LogP contribution is 2.43. The van der Waals surface area contributed by atoms with Crippen LogP contribution in [0.5, 0.6) is 0 Å². The van der Waals surface area contributed by atoms with Gasteiger partial charge in [0.1, 0.15) is 0 Å². The van der Waals surface area contributed by atoms with Gasteiger partial charge in [-0.2, -0.15) is 0 Å². The van der Waals surface area contributed by atoms with Crippen LogP contribution in [0, 0.1) is 0 Å². The summed E-state index contributed by atoms with van der Waals surface area (Å²) in [6.07, 6.45) is 0.857. The van der Waals surface area contributed by atoms with Crippen molar-refractivity contribution < 1.29 is 0 Å². The molecule has 0 saturated heterocycles. The first-order valence-electron chi connectivity index (χ1n) is 15.8. The van der Waals surface area contributed by atoms with Gasteiger partial charge in [-0.15, -0.1) is 0 Å². The fraction of sp³-hybridized carbons (Fsp3) is 0.0222. The topological polar surface area (TPSA) is 0 Å². The van der Waals surface area contributed by atoms with Gasteiger partial charge in [-0.25, -0.2) is 0 Å². The van der Waals surface area contributed by atoms with Crippen LogP contribution < -0.4 is 0 Å². The van der Waals surface area contributed by atoms with Gasteiger partial charge in [-0.05, 0) is 104 Å². The van der Waals surface area contributed by atoms with Crippen molar-refractivity contribution in [2.24, 2.45) is 0 Å². The highest BCUT2D eigenvalue weighted by atomic mass is 14.2. The molecule has 0 aliphatic carbocycles. The molecule has 0 unspecified atom stereocenters. The van der Waals surface area contributed by atoms with E-state index in [0.29, 0.717) is 0 Å². The highest BCUT2D eigenvalue weighted by Gasteiger charge is 2.17. The number of rotatable bonds is 4. The molecule has 0 amide bonds. The second-order valence-corrected chi connectivity index (χ2v) is 12.4. The summed E-state index contributed by atoms with van der Waals surface area (Å²) >= 11 is 0. The van der Waals surface area contributed by atoms with Crippen LogP contribution in [0.15, 0.2) is 158 Å². The van der Waals surface area contributed by atoms with Crippen molar-refractivity contribution in [2.75, 3.05) is 0 Å². The molecule has 0 fully saturated rings. The third-order valence-electron chi connectivity index (χ3n) is 10.1. The Labute approximate surface area is 261 Å². The van der Waals surface area contributed by atoms with Gasteiger partial charge in [0.2, 0.25) is 0 Å². The van der Waals surface area contributed by atoms with Crippen molar-refractivity contribution in [2.45, 2.75) is 6.42 Å². The van der Waals surface area contributed by atoms with Gasteiger partial charge in [0.25, 0.3) is 0 Å². The number of hydrogen-bond donors (Lipinski definition) is 0. The number of hydrogen-bond acceptors (Lipinski definition) is 0. The predicted molar refractivity (Wildman–Crippen MR) is 194 cm³/mol. The van der Waals surface area contributed by atoms with Gasteiger partial charge >= 0.3 is 0 Å². The van der Waals surface area contributed by atoms with Crippen LogP contribution in [0.2, 0.25) is 0 Å². The smallest absolute Gasteiger partial charge is 0.00135 e. The van der Waals surface area contributed by atoms with E-state index < -0.39 is 0 Å². The summed E-state index contributed by atoms with van der Waals surface area (Å²) < 4.78 is 0. The average molecular weight is 569 g/mol. The van der Waals surface area contributed by atoms with E-state index >= 15 is 0 Å². The lowest BCUT2D eigenvalue weighted by Crippen LogP contribution is -1.97. The Hall–Kier alpha value is -5.72. The lowest BCUT2D eigenvalue weighted by atomic mass is 9.85. The summed E-state index contributed by atoms with van der Waals surface area (Å²) in [5.41, 5.74) is 7.91. The maximum atomic E-state index is 2.33. The molecule has 10 aromatic rings. The van der Waals surface area contributed by atoms with E-state index in [4.69, 9.17) is 0 Å². The molecule has 10 rings (SSSR count). The third kappa shape index (κ3) is 3.60. The molecule has 0 saturated carbocycles. The molecule has 0 nitrogen and oxygen atoms in total. The maximum Gasteiger partial charge on any atom is -0.00135 e. The largest absolute Gasteiger partial charge is 0.0619 e. The first-order valence-corrected chi connectivity index (χ1v) is 15.8. The van der Waals surface area contributed by atoms with Gasteiger partial charge in [0, 0.05) is 0 Å². The van der Waals surface area contributed by atoms with Crippen LogP contribution >= 0.6 is 0 Å². The molecular formula is C45H28. The molecule has 0 N–H and O–H groups in total.